The summed E-state index contributed by atoms with van der Waals surface area (Å²) in [6.07, 6.45) is 10.3. The molecule has 1 aliphatic rings. The van der Waals surface area contributed by atoms with Gasteiger partial charge in [-0.2, -0.15) is 0 Å². The molecule has 0 spiro atoms. The molecular formula is C18H24N4O2. The lowest BCUT2D eigenvalue weighted by Crippen LogP contribution is -2.10. The standard InChI is InChI=1S/C12H18N2O2.C6H6N2/c1-2-3-4-5-12(16)14-9-6-7-10(13)11(15)8-9;7-5-3-1-2-4-6(5)8/h6-8,15H,2-5,13H2,1H3,(H,14,16);1-4,7-8H. The zero-order valence-electron chi connectivity index (χ0n) is 13.8. The van der Waals surface area contributed by atoms with E-state index in [9.17, 15) is 9.90 Å². The summed E-state index contributed by atoms with van der Waals surface area (Å²) in [4.78, 5) is 11.5. The molecule has 0 aromatic heterocycles. The van der Waals surface area contributed by atoms with Gasteiger partial charge in [-0.05, 0) is 30.7 Å². The number of anilines is 2. The van der Waals surface area contributed by atoms with Crippen LogP contribution in [0.25, 0.3) is 0 Å². The first-order valence-electron chi connectivity index (χ1n) is 7.84. The maximum absolute atomic E-state index is 11.5. The van der Waals surface area contributed by atoms with Gasteiger partial charge in [-0.1, -0.05) is 31.9 Å². The van der Waals surface area contributed by atoms with Crippen molar-refractivity contribution in [1.82, 2.24) is 0 Å². The zero-order chi connectivity index (χ0) is 17.9. The first kappa shape index (κ1) is 19.2. The Balaban J connectivity index is 0.000000300. The van der Waals surface area contributed by atoms with Crippen LogP contribution in [0.2, 0.25) is 0 Å². The highest BCUT2D eigenvalue weighted by atomic mass is 16.3. The van der Waals surface area contributed by atoms with E-state index < -0.39 is 0 Å². The van der Waals surface area contributed by atoms with Gasteiger partial charge in [0.25, 0.3) is 0 Å². The Morgan fingerprint density at radius 1 is 1.17 bits per heavy atom. The maximum Gasteiger partial charge on any atom is 0.224 e. The van der Waals surface area contributed by atoms with Crippen molar-refractivity contribution in [1.29, 1.82) is 10.8 Å². The number of nitrogens with two attached hydrogens (primary N) is 1. The van der Waals surface area contributed by atoms with Crippen LogP contribution >= 0.6 is 0 Å². The lowest BCUT2D eigenvalue weighted by atomic mass is 10.1. The first-order valence-corrected chi connectivity index (χ1v) is 7.84. The number of allylic oxidation sites excluding steroid dienone is 4. The lowest BCUT2D eigenvalue weighted by molar-refractivity contribution is -0.116. The highest BCUT2D eigenvalue weighted by Gasteiger charge is 2.04. The van der Waals surface area contributed by atoms with Gasteiger partial charge < -0.3 is 16.2 Å². The van der Waals surface area contributed by atoms with Gasteiger partial charge in [0.15, 0.2) is 0 Å². The summed E-state index contributed by atoms with van der Waals surface area (Å²) in [5.74, 6) is -0.0380. The number of nitrogens with one attached hydrogen (secondary N) is 3. The molecule has 6 nitrogen and oxygen atoms in total. The number of aromatic hydroxyl groups is 1. The zero-order valence-corrected chi connectivity index (χ0v) is 13.8. The van der Waals surface area contributed by atoms with Gasteiger partial charge in [0, 0.05) is 18.2 Å². The maximum atomic E-state index is 11.5. The molecule has 0 atom stereocenters. The van der Waals surface area contributed by atoms with Crippen molar-refractivity contribution in [3.05, 3.63) is 42.5 Å². The third kappa shape index (κ3) is 6.91. The van der Waals surface area contributed by atoms with Crippen LogP contribution in [0.4, 0.5) is 11.4 Å². The number of hydrogen-bond acceptors (Lipinski definition) is 5. The van der Waals surface area contributed by atoms with E-state index in [0.717, 1.165) is 19.3 Å². The molecule has 1 aromatic rings. The minimum absolute atomic E-state index is 0.00800. The minimum atomic E-state index is -0.0300. The van der Waals surface area contributed by atoms with Gasteiger partial charge in [-0.25, -0.2) is 0 Å². The average molecular weight is 328 g/mol. The van der Waals surface area contributed by atoms with Crippen LogP contribution in [-0.4, -0.2) is 22.4 Å². The molecule has 1 aliphatic carbocycles. The molecule has 0 radical (unpaired) electrons. The Kier molecular flexibility index (Phi) is 7.98. The molecule has 0 unspecified atom stereocenters. The Hall–Kier alpha value is -2.89. The molecule has 0 bridgehead atoms. The fourth-order valence-electron chi connectivity index (χ4n) is 1.86. The van der Waals surface area contributed by atoms with Crippen LogP contribution in [0, 0.1) is 10.8 Å². The van der Waals surface area contributed by atoms with E-state index in [-0.39, 0.29) is 23.1 Å². The predicted molar refractivity (Wildman–Crippen MR) is 99.0 cm³/mol. The van der Waals surface area contributed by atoms with Crippen LogP contribution in [0.15, 0.2) is 42.5 Å². The van der Waals surface area contributed by atoms with E-state index >= 15 is 0 Å². The largest absolute Gasteiger partial charge is 0.506 e. The first-order chi connectivity index (χ1) is 11.4. The SMILES string of the molecule is CCCCCC(=O)Nc1ccc(N)c(O)c1.N=C1C=CC=CC1=N. The molecule has 128 valence electrons. The van der Waals surface area contributed by atoms with Crippen molar-refractivity contribution in [2.24, 2.45) is 0 Å². The molecular weight excluding hydrogens is 304 g/mol. The van der Waals surface area contributed by atoms with Crippen molar-refractivity contribution in [2.75, 3.05) is 11.1 Å². The number of benzene rings is 1. The normalized spacial score (nSPS) is 12.5. The molecule has 1 aromatic carbocycles. The van der Waals surface area contributed by atoms with E-state index in [2.05, 4.69) is 12.2 Å². The van der Waals surface area contributed by atoms with E-state index in [1.165, 1.54) is 6.07 Å². The summed E-state index contributed by atoms with van der Waals surface area (Å²) in [5, 5.41) is 26.1. The second kappa shape index (κ2) is 9.99. The Morgan fingerprint density at radius 2 is 1.79 bits per heavy atom. The van der Waals surface area contributed by atoms with Gasteiger partial charge in [-0.3, -0.25) is 15.6 Å². The molecule has 0 aliphatic heterocycles. The Morgan fingerprint density at radius 3 is 2.29 bits per heavy atom. The number of phenols is 1. The second-order valence-electron chi connectivity index (χ2n) is 5.32. The number of nitrogen functional groups attached to an aromatic ring is 1. The number of amides is 1. The third-order valence-corrected chi connectivity index (χ3v) is 3.25. The lowest BCUT2D eigenvalue weighted by Gasteiger charge is -2.06. The summed E-state index contributed by atoms with van der Waals surface area (Å²) < 4.78 is 0. The molecule has 6 heteroatoms. The summed E-state index contributed by atoms with van der Waals surface area (Å²) in [7, 11) is 0. The fraction of sp³-hybridized carbons (Fsp3) is 0.278. The smallest absolute Gasteiger partial charge is 0.224 e. The highest BCUT2D eigenvalue weighted by Crippen LogP contribution is 2.23. The Bertz CT molecular complexity index is 641. The number of carbonyl (C=O) groups is 1. The average Bonchev–Trinajstić information content (AvgIpc) is 2.55. The summed E-state index contributed by atoms with van der Waals surface area (Å²) >= 11 is 0. The van der Waals surface area contributed by atoms with Crippen molar-refractivity contribution < 1.29 is 9.90 Å². The summed E-state index contributed by atoms with van der Waals surface area (Å²) in [6, 6.07) is 4.69. The predicted octanol–water partition coefficient (Wildman–Crippen LogP) is 3.65. The Labute approximate surface area is 142 Å². The molecule has 0 fully saturated rings. The number of phenolic OH excluding ortho intramolecular Hbond substituents is 1. The number of unbranched alkanes of at least 4 members (excludes halogenated alkanes) is 2. The van der Waals surface area contributed by atoms with Crippen molar-refractivity contribution >= 4 is 28.7 Å². The number of carbonyl (C=O) groups excluding carboxylic acids is 1. The molecule has 2 rings (SSSR count). The van der Waals surface area contributed by atoms with Crippen molar-refractivity contribution in [2.45, 2.75) is 32.6 Å². The van der Waals surface area contributed by atoms with E-state index in [4.69, 9.17) is 16.6 Å². The second-order valence-corrected chi connectivity index (χ2v) is 5.32. The van der Waals surface area contributed by atoms with Crippen LogP contribution < -0.4 is 11.1 Å². The van der Waals surface area contributed by atoms with Gasteiger partial charge in [0.2, 0.25) is 5.91 Å². The van der Waals surface area contributed by atoms with Crippen molar-refractivity contribution in [3.8, 4) is 5.75 Å². The van der Waals surface area contributed by atoms with Gasteiger partial charge in [0.05, 0.1) is 17.1 Å². The van der Waals surface area contributed by atoms with Crippen LogP contribution in [0.3, 0.4) is 0 Å². The quantitative estimate of drug-likeness (QED) is 0.245. The molecule has 24 heavy (non-hydrogen) atoms. The highest BCUT2D eigenvalue weighted by molar-refractivity contribution is 6.48. The fourth-order valence-corrected chi connectivity index (χ4v) is 1.86. The molecule has 0 heterocycles. The van der Waals surface area contributed by atoms with Gasteiger partial charge in [-0.15, -0.1) is 0 Å². The molecule has 0 saturated carbocycles. The molecule has 1 amide bonds. The van der Waals surface area contributed by atoms with Crippen LogP contribution in [-0.2, 0) is 4.79 Å². The van der Waals surface area contributed by atoms with Crippen LogP contribution in [0.5, 0.6) is 5.75 Å². The minimum Gasteiger partial charge on any atom is -0.506 e. The monoisotopic (exact) mass is 328 g/mol. The van der Waals surface area contributed by atoms with E-state index in [1.54, 1.807) is 36.4 Å². The van der Waals surface area contributed by atoms with Crippen molar-refractivity contribution in [3.63, 3.8) is 0 Å². The van der Waals surface area contributed by atoms with E-state index in [1.807, 2.05) is 0 Å². The topological polar surface area (TPSA) is 123 Å². The summed E-state index contributed by atoms with van der Waals surface area (Å²) in [6.45, 7) is 2.09. The van der Waals surface area contributed by atoms with Gasteiger partial charge in [0.1, 0.15) is 5.75 Å². The van der Waals surface area contributed by atoms with Crippen LogP contribution in [0.1, 0.15) is 32.6 Å². The summed E-state index contributed by atoms with van der Waals surface area (Å²) in [5.41, 5.74) is 6.91. The third-order valence-electron chi connectivity index (χ3n) is 3.25. The number of hydrogen-bond donors (Lipinski definition) is 5. The number of rotatable bonds is 5. The molecule has 6 N–H and O–H groups in total. The van der Waals surface area contributed by atoms with Gasteiger partial charge >= 0.3 is 0 Å². The molecule has 0 saturated heterocycles. The van der Waals surface area contributed by atoms with E-state index in [0.29, 0.717) is 17.8 Å².